The highest BCUT2D eigenvalue weighted by molar-refractivity contribution is 6.36. The van der Waals surface area contributed by atoms with Crippen molar-refractivity contribution in [2.24, 2.45) is 0 Å². The molecule has 1 unspecified atom stereocenters. The van der Waals surface area contributed by atoms with Crippen LogP contribution in [-0.4, -0.2) is 0 Å². The number of benzene rings is 2. The van der Waals surface area contributed by atoms with Crippen molar-refractivity contribution in [3.05, 3.63) is 61.5 Å². The van der Waals surface area contributed by atoms with E-state index in [1.807, 2.05) is 18.2 Å². The zero-order chi connectivity index (χ0) is 13.6. The second-order valence-electron chi connectivity index (χ2n) is 4.48. The maximum atomic E-state index is 6.24. The van der Waals surface area contributed by atoms with E-state index in [4.69, 9.17) is 46.4 Å². The fraction of sp³-hybridized carbons (Fsp3) is 0.143. The molecule has 0 saturated heterocycles. The molecular weight excluding hydrogens is 324 g/mol. The van der Waals surface area contributed by atoms with Crippen LogP contribution in [0.2, 0.25) is 20.1 Å². The van der Waals surface area contributed by atoms with Gasteiger partial charge in [-0.05, 0) is 35.4 Å². The number of halogens is 4. The molecule has 0 amide bonds. The third-order valence-electron chi connectivity index (χ3n) is 3.24. The van der Waals surface area contributed by atoms with Crippen LogP contribution in [0.5, 0.6) is 0 Å². The average Bonchev–Trinajstić information content (AvgIpc) is 2.72. The Morgan fingerprint density at radius 1 is 0.895 bits per heavy atom. The standard InChI is InChI=1S/C14H9Cl4N/c15-7-1-2-9(11(17)3-7)14-6-10-12(18)4-8(16)5-13(10)19-14/h1-5,14,19H,6H2. The number of hydrogen-bond donors (Lipinski definition) is 1. The van der Waals surface area contributed by atoms with Crippen LogP contribution in [0.1, 0.15) is 17.2 Å². The van der Waals surface area contributed by atoms with Crippen LogP contribution in [0.25, 0.3) is 0 Å². The van der Waals surface area contributed by atoms with E-state index >= 15 is 0 Å². The normalized spacial score (nSPS) is 17.2. The van der Waals surface area contributed by atoms with Gasteiger partial charge in [-0.2, -0.15) is 0 Å². The molecular formula is C14H9Cl4N. The molecule has 0 aromatic heterocycles. The Labute approximate surface area is 131 Å². The van der Waals surface area contributed by atoms with Crippen molar-refractivity contribution in [1.82, 2.24) is 0 Å². The van der Waals surface area contributed by atoms with Crippen LogP contribution in [0.15, 0.2) is 30.3 Å². The first kappa shape index (κ1) is 13.4. The number of rotatable bonds is 1. The summed E-state index contributed by atoms with van der Waals surface area (Å²) >= 11 is 24.4. The Balaban J connectivity index is 1.97. The first-order chi connectivity index (χ1) is 9.04. The summed E-state index contributed by atoms with van der Waals surface area (Å²) in [6.07, 6.45) is 0.784. The molecule has 1 nitrogen and oxygen atoms in total. The van der Waals surface area contributed by atoms with Gasteiger partial charge in [0.25, 0.3) is 0 Å². The van der Waals surface area contributed by atoms with Crippen LogP contribution < -0.4 is 5.32 Å². The van der Waals surface area contributed by atoms with E-state index in [-0.39, 0.29) is 6.04 Å². The molecule has 98 valence electrons. The van der Waals surface area contributed by atoms with E-state index in [0.717, 1.165) is 23.2 Å². The largest absolute Gasteiger partial charge is 0.378 e. The number of fused-ring (bicyclic) bond motifs is 1. The monoisotopic (exact) mass is 331 g/mol. The summed E-state index contributed by atoms with van der Waals surface area (Å²) in [7, 11) is 0. The molecule has 2 aromatic carbocycles. The zero-order valence-corrected chi connectivity index (χ0v) is 12.7. The number of anilines is 1. The fourth-order valence-corrected chi connectivity index (χ4v) is 3.47. The van der Waals surface area contributed by atoms with Gasteiger partial charge in [-0.15, -0.1) is 0 Å². The van der Waals surface area contributed by atoms with Gasteiger partial charge in [0.1, 0.15) is 0 Å². The quantitative estimate of drug-likeness (QED) is 0.674. The molecule has 1 N–H and O–H groups in total. The van der Waals surface area contributed by atoms with Gasteiger partial charge in [0.05, 0.1) is 6.04 Å². The fourth-order valence-electron chi connectivity index (χ4n) is 2.35. The maximum absolute atomic E-state index is 6.24. The van der Waals surface area contributed by atoms with Gasteiger partial charge in [0.15, 0.2) is 0 Å². The molecule has 1 atom stereocenters. The van der Waals surface area contributed by atoms with Gasteiger partial charge in [-0.25, -0.2) is 0 Å². The Kier molecular flexibility index (Phi) is 3.57. The molecule has 0 aliphatic carbocycles. The lowest BCUT2D eigenvalue weighted by Gasteiger charge is -2.13. The second-order valence-corrected chi connectivity index (χ2v) is 6.17. The van der Waals surface area contributed by atoms with Gasteiger partial charge in [-0.1, -0.05) is 52.5 Å². The lowest BCUT2D eigenvalue weighted by atomic mass is 10.0. The van der Waals surface area contributed by atoms with E-state index in [9.17, 15) is 0 Å². The van der Waals surface area contributed by atoms with Crippen LogP contribution >= 0.6 is 46.4 Å². The third kappa shape index (κ3) is 2.53. The Hall–Kier alpha value is -0.600. The van der Waals surface area contributed by atoms with Crippen LogP contribution in [-0.2, 0) is 6.42 Å². The molecule has 19 heavy (non-hydrogen) atoms. The third-order valence-corrected chi connectivity index (χ3v) is 4.35. The first-order valence-corrected chi connectivity index (χ1v) is 7.25. The predicted molar refractivity (Wildman–Crippen MR) is 83.0 cm³/mol. The summed E-state index contributed by atoms with van der Waals surface area (Å²) in [6.45, 7) is 0. The smallest absolute Gasteiger partial charge is 0.0570 e. The topological polar surface area (TPSA) is 12.0 Å². The highest BCUT2D eigenvalue weighted by Gasteiger charge is 2.26. The number of hydrogen-bond acceptors (Lipinski definition) is 1. The molecule has 2 aromatic rings. The summed E-state index contributed by atoms with van der Waals surface area (Å²) in [5.74, 6) is 0. The minimum absolute atomic E-state index is 0.0933. The molecule has 1 aliphatic heterocycles. The minimum Gasteiger partial charge on any atom is -0.378 e. The molecule has 0 saturated carbocycles. The molecule has 0 bridgehead atoms. The first-order valence-electron chi connectivity index (χ1n) is 5.74. The minimum atomic E-state index is 0.0933. The van der Waals surface area contributed by atoms with Gasteiger partial charge in [0, 0.05) is 32.2 Å². The van der Waals surface area contributed by atoms with Crippen LogP contribution in [0.4, 0.5) is 5.69 Å². The zero-order valence-electron chi connectivity index (χ0n) is 9.68. The Morgan fingerprint density at radius 3 is 2.37 bits per heavy atom. The van der Waals surface area contributed by atoms with Crippen molar-refractivity contribution in [1.29, 1.82) is 0 Å². The highest BCUT2D eigenvalue weighted by atomic mass is 35.5. The molecule has 5 heteroatoms. The second kappa shape index (κ2) is 5.06. The van der Waals surface area contributed by atoms with Crippen molar-refractivity contribution in [3.8, 4) is 0 Å². The summed E-state index contributed by atoms with van der Waals surface area (Å²) in [5.41, 5.74) is 3.05. The average molecular weight is 333 g/mol. The maximum Gasteiger partial charge on any atom is 0.0570 e. The predicted octanol–water partition coefficient (Wildman–Crippen LogP) is 6.01. The summed E-state index contributed by atoms with van der Waals surface area (Å²) in [6, 6.07) is 9.25. The molecule has 3 rings (SSSR count). The molecule has 1 aliphatic rings. The van der Waals surface area contributed by atoms with Gasteiger partial charge in [-0.3, -0.25) is 0 Å². The van der Waals surface area contributed by atoms with Crippen molar-refractivity contribution < 1.29 is 0 Å². The van der Waals surface area contributed by atoms with Crippen molar-refractivity contribution >= 4 is 52.1 Å². The summed E-state index contributed by atoms with van der Waals surface area (Å²) < 4.78 is 0. The van der Waals surface area contributed by atoms with E-state index in [1.54, 1.807) is 12.1 Å². The van der Waals surface area contributed by atoms with Gasteiger partial charge in [0.2, 0.25) is 0 Å². The Morgan fingerprint density at radius 2 is 1.63 bits per heavy atom. The number of nitrogens with one attached hydrogen (secondary N) is 1. The lowest BCUT2D eigenvalue weighted by Crippen LogP contribution is -2.06. The van der Waals surface area contributed by atoms with Crippen molar-refractivity contribution in [2.75, 3.05) is 5.32 Å². The van der Waals surface area contributed by atoms with Crippen LogP contribution in [0, 0.1) is 0 Å². The van der Waals surface area contributed by atoms with Gasteiger partial charge < -0.3 is 5.32 Å². The highest BCUT2D eigenvalue weighted by Crippen LogP contribution is 2.41. The molecule has 0 spiro atoms. The van der Waals surface area contributed by atoms with E-state index in [2.05, 4.69) is 5.32 Å². The molecule has 0 radical (unpaired) electrons. The van der Waals surface area contributed by atoms with E-state index < -0.39 is 0 Å². The van der Waals surface area contributed by atoms with Gasteiger partial charge >= 0.3 is 0 Å². The van der Waals surface area contributed by atoms with Crippen molar-refractivity contribution in [2.45, 2.75) is 12.5 Å². The lowest BCUT2D eigenvalue weighted by molar-refractivity contribution is 0.824. The summed E-state index contributed by atoms with van der Waals surface area (Å²) in [4.78, 5) is 0. The molecule has 1 heterocycles. The van der Waals surface area contributed by atoms with Crippen molar-refractivity contribution in [3.63, 3.8) is 0 Å². The SMILES string of the molecule is Clc1ccc(C2Cc3c(Cl)cc(Cl)cc3N2)c(Cl)c1. The van der Waals surface area contributed by atoms with Crippen LogP contribution in [0.3, 0.4) is 0 Å². The molecule has 0 fully saturated rings. The summed E-state index contributed by atoms with van der Waals surface area (Å²) in [5, 5.41) is 5.99. The van der Waals surface area contributed by atoms with E-state index in [1.165, 1.54) is 0 Å². The van der Waals surface area contributed by atoms with E-state index in [0.29, 0.717) is 20.1 Å². The Bertz CT molecular complexity index is 654.